The average Bonchev–Trinajstić information content (AvgIpc) is 2.75. The second-order valence-corrected chi connectivity index (χ2v) is 7.22. The maximum absolute atomic E-state index is 10.9. The third-order valence-electron chi connectivity index (χ3n) is 4.11. The number of carboxylic acid groups (broad SMARTS) is 1. The van der Waals surface area contributed by atoms with Crippen molar-refractivity contribution in [2.45, 2.75) is 13.5 Å². The van der Waals surface area contributed by atoms with Crippen LogP contribution in [-0.2, 0) is 6.61 Å². The highest BCUT2D eigenvalue weighted by Gasteiger charge is 2.07. The normalized spacial score (nSPS) is 10.7. The van der Waals surface area contributed by atoms with Crippen molar-refractivity contribution >= 4 is 33.8 Å². The molecule has 3 rings (SSSR count). The molecule has 0 unspecified atom stereocenters. The summed E-state index contributed by atoms with van der Waals surface area (Å²) in [5.41, 5.74) is 5.69. The SMILES string of the molecule is CCOc1cc(C=NNc2ccc(C(=O)O)cc2)ccc1OCc1ccc(Br)cc1. The van der Waals surface area contributed by atoms with Gasteiger partial charge < -0.3 is 14.6 Å². The smallest absolute Gasteiger partial charge is 0.335 e. The summed E-state index contributed by atoms with van der Waals surface area (Å²) >= 11 is 3.42. The number of halogens is 1. The van der Waals surface area contributed by atoms with Crippen LogP contribution in [-0.4, -0.2) is 23.9 Å². The summed E-state index contributed by atoms with van der Waals surface area (Å²) < 4.78 is 12.7. The van der Waals surface area contributed by atoms with Gasteiger partial charge in [0.1, 0.15) is 6.61 Å². The molecule has 0 spiro atoms. The fraction of sp³-hybridized carbons (Fsp3) is 0.130. The molecule has 0 aliphatic rings. The largest absolute Gasteiger partial charge is 0.490 e. The van der Waals surface area contributed by atoms with Crippen LogP contribution in [0.4, 0.5) is 5.69 Å². The third kappa shape index (κ3) is 6.09. The lowest BCUT2D eigenvalue weighted by atomic mass is 10.2. The van der Waals surface area contributed by atoms with Crippen molar-refractivity contribution in [1.82, 2.24) is 0 Å². The van der Waals surface area contributed by atoms with E-state index in [1.165, 1.54) is 12.1 Å². The van der Waals surface area contributed by atoms with Crippen LogP contribution in [0, 0.1) is 0 Å². The van der Waals surface area contributed by atoms with Gasteiger partial charge >= 0.3 is 5.97 Å². The number of aromatic carboxylic acids is 1. The van der Waals surface area contributed by atoms with Crippen LogP contribution >= 0.6 is 15.9 Å². The molecule has 0 radical (unpaired) electrons. The van der Waals surface area contributed by atoms with Crippen molar-refractivity contribution in [2.24, 2.45) is 5.10 Å². The first-order valence-electron chi connectivity index (χ1n) is 9.31. The van der Waals surface area contributed by atoms with E-state index in [-0.39, 0.29) is 5.56 Å². The fourth-order valence-electron chi connectivity index (χ4n) is 2.60. The first-order valence-corrected chi connectivity index (χ1v) is 10.1. The van der Waals surface area contributed by atoms with E-state index in [9.17, 15) is 4.79 Å². The van der Waals surface area contributed by atoms with E-state index in [1.54, 1.807) is 18.3 Å². The number of hydrogen-bond donors (Lipinski definition) is 2. The molecule has 0 amide bonds. The molecule has 0 aromatic heterocycles. The minimum absolute atomic E-state index is 0.226. The van der Waals surface area contributed by atoms with Gasteiger partial charge in [-0.2, -0.15) is 5.10 Å². The van der Waals surface area contributed by atoms with Crippen LogP contribution in [0.5, 0.6) is 11.5 Å². The summed E-state index contributed by atoms with van der Waals surface area (Å²) in [5.74, 6) is 0.342. The van der Waals surface area contributed by atoms with E-state index < -0.39 is 5.97 Å². The lowest BCUT2D eigenvalue weighted by molar-refractivity contribution is 0.0697. The summed E-state index contributed by atoms with van der Waals surface area (Å²) in [6.07, 6.45) is 1.66. The first-order chi connectivity index (χ1) is 14.5. The van der Waals surface area contributed by atoms with E-state index in [2.05, 4.69) is 26.5 Å². The second-order valence-electron chi connectivity index (χ2n) is 6.31. The highest BCUT2D eigenvalue weighted by atomic mass is 79.9. The van der Waals surface area contributed by atoms with Gasteiger partial charge in [0, 0.05) is 4.47 Å². The molecular weight excluding hydrogens is 448 g/mol. The number of anilines is 1. The lowest BCUT2D eigenvalue weighted by Gasteiger charge is -2.12. The molecule has 3 aromatic rings. The zero-order valence-corrected chi connectivity index (χ0v) is 17.9. The minimum atomic E-state index is -0.962. The summed E-state index contributed by atoms with van der Waals surface area (Å²) in [7, 11) is 0. The Morgan fingerprint density at radius 2 is 1.77 bits per heavy atom. The Bertz CT molecular complexity index is 1020. The number of benzene rings is 3. The van der Waals surface area contributed by atoms with Crippen molar-refractivity contribution in [3.63, 3.8) is 0 Å². The number of carboxylic acids is 1. The Morgan fingerprint density at radius 1 is 1.03 bits per heavy atom. The topological polar surface area (TPSA) is 80.2 Å². The zero-order valence-electron chi connectivity index (χ0n) is 16.3. The van der Waals surface area contributed by atoms with E-state index in [1.807, 2.05) is 49.4 Å². The zero-order chi connectivity index (χ0) is 21.3. The highest BCUT2D eigenvalue weighted by Crippen LogP contribution is 2.29. The van der Waals surface area contributed by atoms with Crippen LogP contribution in [0.15, 0.2) is 76.3 Å². The molecule has 0 bridgehead atoms. The Hall–Kier alpha value is -3.32. The standard InChI is InChI=1S/C23H21BrN2O4/c1-2-29-22-13-17(14-25-26-20-10-6-18(7-11-20)23(27)28)5-12-21(22)30-15-16-3-8-19(24)9-4-16/h3-14,26H,2,15H2,1H3,(H,27,28). The van der Waals surface area contributed by atoms with Gasteiger partial charge in [-0.05, 0) is 72.6 Å². The molecule has 0 atom stereocenters. The quantitative estimate of drug-likeness (QED) is 0.316. The van der Waals surface area contributed by atoms with Gasteiger partial charge in [-0.25, -0.2) is 4.79 Å². The monoisotopic (exact) mass is 468 g/mol. The molecule has 30 heavy (non-hydrogen) atoms. The van der Waals surface area contributed by atoms with Crippen molar-refractivity contribution in [2.75, 3.05) is 12.0 Å². The number of hydrogen-bond acceptors (Lipinski definition) is 5. The molecule has 154 valence electrons. The Kier molecular flexibility index (Phi) is 7.45. The maximum Gasteiger partial charge on any atom is 0.335 e. The minimum Gasteiger partial charge on any atom is -0.490 e. The number of rotatable bonds is 9. The molecule has 0 saturated heterocycles. The highest BCUT2D eigenvalue weighted by molar-refractivity contribution is 9.10. The van der Waals surface area contributed by atoms with Gasteiger partial charge in [0.2, 0.25) is 0 Å². The fourth-order valence-corrected chi connectivity index (χ4v) is 2.87. The summed E-state index contributed by atoms with van der Waals surface area (Å²) in [6, 6.07) is 19.9. The second kappa shape index (κ2) is 10.5. The van der Waals surface area contributed by atoms with Gasteiger partial charge in [-0.1, -0.05) is 28.1 Å². The molecule has 3 aromatic carbocycles. The van der Waals surface area contributed by atoms with Crippen LogP contribution < -0.4 is 14.9 Å². The Morgan fingerprint density at radius 3 is 2.43 bits per heavy atom. The molecule has 0 saturated carbocycles. The van der Waals surface area contributed by atoms with Gasteiger partial charge in [0.15, 0.2) is 11.5 Å². The summed E-state index contributed by atoms with van der Waals surface area (Å²) in [6.45, 7) is 2.87. The number of hydrazone groups is 1. The summed E-state index contributed by atoms with van der Waals surface area (Å²) in [4.78, 5) is 10.9. The van der Waals surface area contributed by atoms with Crippen molar-refractivity contribution < 1.29 is 19.4 Å². The van der Waals surface area contributed by atoms with Crippen LogP contribution in [0.25, 0.3) is 0 Å². The van der Waals surface area contributed by atoms with Crippen LogP contribution in [0.2, 0.25) is 0 Å². The molecule has 6 nitrogen and oxygen atoms in total. The molecule has 0 fully saturated rings. The predicted octanol–water partition coefficient (Wildman–Crippen LogP) is 5.57. The number of nitrogens with zero attached hydrogens (tertiary/aromatic N) is 1. The van der Waals surface area contributed by atoms with Crippen LogP contribution in [0.1, 0.15) is 28.4 Å². The number of ether oxygens (including phenoxy) is 2. The van der Waals surface area contributed by atoms with Gasteiger partial charge in [0.05, 0.1) is 24.1 Å². The maximum atomic E-state index is 10.9. The molecular formula is C23H21BrN2O4. The molecule has 2 N–H and O–H groups in total. The molecule has 0 aliphatic carbocycles. The molecule has 7 heteroatoms. The van der Waals surface area contributed by atoms with E-state index in [0.29, 0.717) is 30.4 Å². The van der Waals surface area contributed by atoms with Crippen molar-refractivity contribution in [3.8, 4) is 11.5 Å². The first kappa shape index (κ1) is 21.4. The average molecular weight is 469 g/mol. The summed E-state index contributed by atoms with van der Waals surface area (Å²) in [5, 5.41) is 13.1. The third-order valence-corrected chi connectivity index (χ3v) is 4.64. The Labute approximate surface area is 183 Å². The number of nitrogens with one attached hydrogen (secondary N) is 1. The lowest BCUT2D eigenvalue weighted by Crippen LogP contribution is -2.00. The van der Waals surface area contributed by atoms with E-state index >= 15 is 0 Å². The Balaban J connectivity index is 1.65. The molecule has 0 aliphatic heterocycles. The van der Waals surface area contributed by atoms with Crippen molar-refractivity contribution in [3.05, 3.63) is 87.9 Å². The van der Waals surface area contributed by atoms with Crippen molar-refractivity contribution in [1.29, 1.82) is 0 Å². The number of carbonyl (C=O) groups is 1. The van der Waals surface area contributed by atoms with Gasteiger partial charge in [-0.3, -0.25) is 5.43 Å². The van der Waals surface area contributed by atoms with E-state index in [0.717, 1.165) is 15.6 Å². The predicted molar refractivity (Wildman–Crippen MR) is 121 cm³/mol. The van der Waals surface area contributed by atoms with Crippen LogP contribution in [0.3, 0.4) is 0 Å². The van der Waals surface area contributed by atoms with Gasteiger partial charge in [0.25, 0.3) is 0 Å². The van der Waals surface area contributed by atoms with E-state index in [4.69, 9.17) is 14.6 Å². The molecule has 0 heterocycles. The van der Waals surface area contributed by atoms with Gasteiger partial charge in [-0.15, -0.1) is 0 Å².